The Morgan fingerprint density at radius 2 is 2.07 bits per heavy atom. The summed E-state index contributed by atoms with van der Waals surface area (Å²) in [6, 6.07) is 10.3. The van der Waals surface area contributed by atoms with Crippen molar-refractivity contribution in [1.82, 2.24) is 0 Å². The zero-order chi connectivity index (χ0) is 9.38. The molecular formula is C12H8OS. The standard InChI is InChI=1S/C12H8OS/c1-2-10(9-5-7-14-8-9)11-4-6-13-12(11)3-1/h1-8H. The summed E-state index contributed by atoms with van der Waals surface area (Å²) in [5, 5.41) is 5.43. The van der Waals surface area contributed by atoms with Gasteiger partial charge in [-0.3, -0.25) is 0 Å². The summed E-state index contributed by atoms with van der Waals surface area (Å²) in [4.78, 5) is 0. The lowest BCUT2D eigenvalue weighted by atomic mass is 10.1. The minimum atomic E-state index is 0.953. The third-order valence-electron chi connectivity index (χ3n) is 2.33. The van der Waals surface area contributed by atoms with E-state index in [0.29, 0.717) is 0 Å². The maximum atomic E-state index is 5.36. The Labute approximate surface area is 85.6 Å². The van der Waals surface area contributed by atoms with Gasteiger partial charge in [0.2, 0.25) is 0 Å². The molecule has 0 spiro atoms. The van der Waals surface area contributed by atoms with Crippen molar-refractivity contribution in [3.05, 3.63) is 47.4 Å². The van der Waals surface area contributed by atoms with Gasteiger partial charge in [0.05, 0.1) is 6.26 Å². The van der Waals surface area contributed by atoms with Crippen molar-refractivity contribution < 1.29 is 4.42 Å². The van der Waals surface area contributed by atoms with Gasteiger partial charge in [-0.2, -0.15) is 11.3 Å². The van der Waals surface area contributed by atoms with Gasteiger partial charge in [-0.15, -0.1) is 0 Å². The molecule has 2 aromatic heterocycles. The van der Waals surface area contributed by atoms with Crippen molar-refractivity contribution in [2.75, 3.05) is 0 Å². The molecule has 1 aromatic carbocycles. The second-order valence-electron chi connectivity index (χ2n) is 3.15. The number of benzene rings is 1. The van der Waals surface area contributed by atoms with E-state index in [9.17, 15) is 0 Å². The fourth-order valence-corrected chi connectivity index (χ4v) is 2.32. The van der Waals surface area contributed by atoms with Crippen molar-refractivity contribution in [1.29, 1.82) is 0 Å². The van der Waals surface area contributed by atoms with Crippen LogP contribution in [0.4, 0.5) is 0 Å². The van der Waals surface area contributed by atoms with Crippen LogP contribution >= 0.6 is 11.3 Å². The van der Waals surface area contributed by atoms with Gasteiger partial charge in [0.15, 0.2) is 0 Å². The van der Waals surface area contributed by atoms with Crippen molar-refractivity contribution in [3.8, 4) is 11.1 Å². The Kier molecular flexibility index (Phi) is 1.67. The molecule has 0 N–H and O–H groups in total. The molecule has 2 heteroatoms. The smallest absolute Gasteiger partial charge is 0.134 e. The lowest BCUT2D eigenvalue weighted by Gasteiger charge is -1.98. The first kappa shape index (κ1) is 7.83. The molecule has 3 aromatic rings. The molecule has 0 unspecified atom stereocenters. The second-order valence-corrected chi connectivity index (χ2v) is 3.93. The number of fused-ring (bicyclic) bond motifs is 1. The first-order valence-electron chi connectivity index (χ1n) is 4.44. The van der Waals surface area contributed by atoms with Gasteiger partial charge in [-0.05, 0) is 40.1 Å². The lowest BCUT2D eigenvalue weighted by Crippen LogP contribution is -1.73. The summed E-state index contributed by atoms with van der Waals surface area (Å²) in [6.07, 6.45) is 1.74. The fourth-order valence-electron chi connectivity index (χ4n) is 1.66. The highest BCUT2D eigenvalue weighted by Gasteiger charge is 2.04. The number of hydrogen-bond acceptors (Lipinski definition) is 2. The summed E-state index contributed by atoms with van der Waals surface area (Å²) in [6.45, 7) is 0. The Hall–Kier alpha value is -1.54. The molecule has 1 nitrogen and oxygen atoms in total. The zero-order valence-corrected chi connectivity index (χ0v) is 8.25. The quantitative estimate of drug-likeness (QED) is 0.574. The second kappa shape index (κ2) is 3.00. The highest BCUT2D eigenvalue weighted by molar-refractivity contribution is 7.08. The molecule has 14 heavy (non-hydrogen) atoms. The molecular weight excluding hydrogens is 192 g/mol. The fraction of sp³-hybridized carbons (Fsp3) is 0. The van der Waals surface area contributed by atoms with Crippen molar-refractivity contribution in [2.45, 2.75) is 0 Å². The van der Waals surface area contributed by atoms with Gasteiger partial charge in [-0.1, -0.05) is 12.1 Å². The maximum Gasteiger partial charge on any atom is 0.134 e. The van der Waals surface area contributed by atoms with E-state index in [1.165, 1.54) is 16.5 Å². The molecule has 0 bridgehead atoms. The van der Waals surface area contributed by atoms with Crippen LogP contribution in [-0.2, 0) is 0 Å². The van der Waals surface area contributed by atoms with E-state index in [1.807, 2.05) is 18.2 Å². The Morgan fingerprint density at radius 3 is 2.93 bits per heavy atom. The van der Waals surface area contributed by atoms with Crippen LogP contribution in [0.5, 0.6) is 0 Å². The Balaban J connectivity index is 2.36. The summed E-state index contributed by atoms with van der Waals surface area (Å²) in [5.41, 5.74) is 3.47. The van der Waals surface area contributed by atoms with Crippen LogP contribution in [0, 0.1) is 0 Å². The third-order valence-corrected chi connectivity index (χ3v) is 3.01. The molecule has 0 aliphatic rings. The van der Waals surface area contributed by atoms with Crippen molar-refractivity contribution >= 4 is 22.3 Å². The Bertz CT molecular complexity index is 548. The highest BCUT2D eigenvalue weighted by Crippen LogP contribution is 2.30. The lowest BCUT2D eigenvalue weighted by molar-refractivity contribution is 0.616. The van der Waals surface area contributed by atoms with Crippen LogP contribution in [-0.4, -0.2) is 0 Å². The van der Waals surface area contributed by atoms with E-state index in [0.717, 1.165) is 5.58 Å². The number of hydrogen-bond donors (Lipinski definition) is 0. The number of thiophene rings is 1. The summed E-state index contributed by atoms with van der Waals surface area (Å²) >= 11 is 1.71. The molecule has 0 radical (unpaired) electrons. The molecule has 2 heterocycles. The summed E-state index contributed by atoms with van der Waals surface area (Å²) in [5.74, 6) is 0. The van der Waals surface area contributed by atoms with Gasteiger partial charge in [0, 0.05) is 5.39 Å². The van der Waals surface area contributed by atoms with Crippen LogP contribution in [0.25, 0.3) is 22.1 Å². The van der Waals surface area contributed by atoms with Crippen LogP contribution in [0.15, 0.2) is 51.8 Å². The molecule has 0 saturated heterocycles. The normalized spacial score (nSPS) is 10.9. The largest absolute Gasteiger partial charge is 0.464 e. The first-order valence-corrected chi connectivity index (χ1v) is 5.38. The average molecular weight is 200 g/mol. The molecule has 68 valence electrons. The maximum absolute atomic E-state index is 5.36. The minimum Gasteiger partial charge on any atom is -0.464 e. The van der Waals surface area contributed by atoms with Crippen LogP contribution in [0.1, 0.15) is 0 Å². The van der Waals surface area contributed by atoms with Crippen LogP contribution < -0.4 is 0 Å². The molecule has 0 fully saturated rings. The zero-order valence-electron chi connectivity index (χ0n) is 7.44. The van der Waals surface area contributed by atoms with Gasteiger partial charge in [0.25, 0.3) is 0 Å². The minimum absolute atomic E-state index is 0.953. The molecule has 0 aliphatic carbocycles. The number of furan rings is 1. The van der Waals surface area contributed by atoms with Crippen LogP contribution in [0.2, 0.25) is 0 Å². The third kappa shape index (κ3) is 1.08. The van der Waals surface area contributed by atoms with Crippen molar-refractivity contribution in [2.24, 2.45) is 0 Å². The van der Waals surface area contributed by atoms with Gasteiger partial charge < -0.3 is 4.42 Å². The predicted octanol–water partition coefficient (Wildman–Crippen LogP) is 4.16. The predicted molar refractivity (Wildman–Crippen MR) is 59.5 cm³/mol. The number of rotatable bonds is 1. The van der Waals surface area contributed by atoms with Gasteiger partial charge >= 0.3 is 0 Å². The van der Waals surface area contributed by atoms with E-state index >= 15 is 0 Å². The van der Waals surface area contributed by atoms with Crippen molar-refractivity contribution in [3.63, 3.8) is 0 Å². The topological polar surface area (TPSA) is 13.1 Å². The average Bonchev–Trinajstić information content (AvgIpc) is 2.88. The van der Waals surface area contributed by atoms with Gasteiger partial charge in [-0.25, -0.2) is 0 Å². The van der Waals surface area contributed by atoms with Gasteiger partial charge in [0.1, 0.15) is 5.58 Å². The van der Waals surface area contributed by atoms with E-state index in [4.69, 9.17) is 4.42 Å². The molecule has 0 saturated carbocycles. The monoisotopic (exact) mass is 200 g/mol. The van der Waals surface area contributed by atoms with E-state index in [-0.39, 0.29) is 0 Å². The van der Waals surface area contributed by atoms with E-state index in [1.54, 1.807) is 17.6 Å². The Morgan fingerprint density at radius 1 is 1.07 bits per heavy atom. The van der Waals surface area contributed by atoms with E-state index < -0.39 is 0 Å². The summed E-state index contributed by atoms with van der Waals surface area (Å²) in [7, 11) is 0. The van der Waals surface area contributed by atoms with E-state index in [2.05, 4.69) is 22.9 Å². The first-order chi connectivity index (χ1) is 6.95. The van der Waals surface area contributed by atoms with Crippen LogP contribution in [0.3, 0.4) is 0 Å². The SMILES string of the molecule is c1cc(-c2ccsc2)c2ccoc2c1. The molecule has 0 atom stereocenters. The highest BCUT2D eigenvalue weighted by atomic mass is 32.1. The molecule has 0 amide bonds. The molecule has 3 rings (SSSR count). The summed E-state index contributed by atoms with van der Waals surface area (Å²) < 4.78 is 5.36. The molecule has 0 aliphatic heterocycles.